The molecule has 0 bridgehead atoms. The van der Waals surface area contributed by atoms with Gasteiger partial charge in [0.2, 0.25) is 5.91 Å². The second-order valence-electron chi connectivity index (χ2n) is 7.18. The topological polar surface area (TPSA) is 72.7 Å². The Balaban J connectivity index is 1.78. The first kappa shape index (κ1) is 21.0. The largest absolute Gasteiger partial charge is 0.325 e. The number of nitrogens with zero attached hydrogens (tertiary/aromatic N) is 4. The average molecular weight is 410 g/mol. The third-order valence-electron chi connectivity index (χ3n) is 4.59. The van der Waals surface area contributed by atoms with Crippen LogP contribution >= 0.6 is 11.8 Å². The SMILES string of the molecule is CCCn1c(SC(C)C(=O)Nc2ccccc2C(C)C)nnc1-c1ccncc1. The van der Waals surface area contributed by atoms with Crippen LogP contribution in [0.5, 0.6) is 0 Å². The fourth-order valence-corrected chi connectivity index (χ4v) is 3.95. The molecule has 1 aromatic carbocycles. The first-order valence-electron chi connectivity index (χ1n) is 9.91. The number of hydrogen-bond donors (Lipinski definition) is 1. The molecule has 2 aromatic heterocycles. The summed E-state index contributed by atoms with van der Waals surface area (Å²) in [5, 5.41) is 12.3. The number of nitrogens with one attached hydrogen (secondary N) is 1. The summed E-state index contributed by atoms with van der Waals surface area (Å²) in [4.78, 5) is 16.9. The molecule has 0 aliphatic rings. The Morgan fingerprint density at radius 1 is 1.10 bits per heavy atom. The number of amides is 1. The third kappa shape index (κ3) is 5.03. The van der Waals surface area contributed by atoms with Crippen LogP contribution in [0, 0.1) is 0 Å². The maximum atomic E-state index is 12.8. The molecule has 7 heteroatoms. The van der Waals surface area contributed by atoms with Crippen LogP contribution in [-0.4, -0.2) is 30.9 Å². The minimum Gasteiger partial charge on any atom is -0.325 e. The van der Waals surface area contributed by atoms with Gasteiger partial charge in [-0.25, -0.2) is 0 Å². The molecule has 152 valence electrons. The standard InChI is InChI=1S/C22H27N5OS/c1-5-14-27-20(17-10-12-23-13-11-17)25-26-22(27)29-16(4)21(28)24-19-9-7-6-8-18(19)15(2)3/h6-13,15-16H,5,14H2,1-4H3,(H,24,28). The third-order valence-corrected chi connectivity index (χ3v) is 5.68. The van der Waals surface area contributed by atoms with Gasteiger partial charge in [0.25, 0.3) is 0 Å². The van der Waals surface area contributed by atoms with Crippen molar-refractivity contribution in [2.75, 3.05) is 5.32 Å². The zero-order chi connectivity index (χ0) is 20.8. The Hall–Kier alpha value is -2.67. The highest BCUT2D eigenvalue weighted by Crippen LogP contribution is 2.29. The fraction of sp³-hybridized carbons (Fsp3) is 0.364. The average Bonchev–Trinajstić information content (AvgIpc) is 3.11. The molecule has 1 N–H and O–H groups in total. The minimum atomic E-state index is -0.305. The Labute approximate surface area is 176 Å². The summed E-state index contributed by atoms with van der Waals surface area (Å²) in [5.41, 5.74) is 2.97. The van der Waals surface area contributed by atoms with E-state index in [-0.39, 0.29) is 11.2 Å². The molecule has 1 amide bonds. The maximum absolute atomic E-state index is 12.8. The number of benzene rings is 1. The van der Waals surface area contributed by atoms with E-state index in [0.717, 1.165) is 40.8 Å². The number of carbonyl (C=O) groups excluding carboxylic acids is 1. The molecule has 0 aliphatic carbocycles. The molecular weight excluding hydrogens is 382 g/mol. The molecule has 0 fully saturated rings. The second-order valence-corrected chi connectivity index (χ2v) is 8.49. The van der Waals surface area contributed by atoms with Crippen LogP contribution in [0.4, 0.5) is 5.69 Å². The van der Waals surface area contributed by atoms with Crippen molar-refractivity contribution in [2.24, 2.45) is 0 Å². The van der Waals surface area contributed by atoms with E-state index < -0.39 is 0 Å². The highest BCUT2D eigenvalue weighted by atomic mass is 32.2. The van der Waals surface area contributed by atoms with Crippen molar-refractivity contribution in [3.8, 4) is 11.4 Å². The lowest BCUT2D eigenvalue weighted by molar-refractivity contribution is -0.115. The van der Waals surface area contributed by atoms with Crippen molar-refractivity contribution >= 4 is 23.4 Å². The lowest BCUT2D eigenvalue weighted by Crippen LogP contribution is -2.23. The lowest BCUT2D eigenvalue weighted by atomic mass is 10.0. The highest BCUT2D eigenvalue weighted by Gasteiger charge is 2.21. The molecule has 6 nitrogen and oxygen atoms in total. The van der Waals surface area contributed by atoms with Crippen LogP contribution in [0.1, 0.15) is 45.6 Å². The minimum absolute atomic E-state index is 0.0420. The number of para-hydroxylation sites is 1. The van der Waals surface area contributed by atoms with Gasteiger partial charge in [0.05, 0.1) is 5.25 Å². The maximum Gasteiger partial charge on any atom is 0.237 e. The first-order chi connectivity index (χ1) is 14.0. The van der Waals surface area contributed by atoms with E-state index in [1.54, 1.807) is 12.4 Å². The molecule has 3 rings (SSSR count). The Morgan fingerprint density at radius 3 is 2.52 bits per heavy atom. The van der Waals surface area contributed by atoms with Gasteiger partial charge in [-0.1, -0.05) is 50.7 Å². The van der Waals surface area contributed by atoms with Gasteiger partial charge in [0.1, 0.15) is 0 Å². The molecule has 1 unspecified atom stereocenters. The van der Waals surface area contributed by atoms with Crippen molar-refractivity contribution < 1.29 is 4.79 Å². The number of carbonyl (C=O) groups is 1. The Bertz CT molecular complexity index is 955. The molecular formula is C22H27N5OS. The summed E-state index contributed by atoms with van der Waals surface area (Å²) < 4.78 is 2.08. The Kier molecular flexibility index (Phi) is 7.04. The van der Waals surface area contributed by atoms with Gasteiger partial charge in [-0.2, -0.15) is 0 Å². The number of hydrogen-bond acceptors (Lipinski definition) is 5. The smallest absolute Gasteiger partial charge is 0.237 e. The van der Waals surface area contributed by atoms with E-state index in [1.807, 2.05) is 37.3 Å². The van der Waals surface area contributed by atoms with Crippen LogP contribution in [0.2, 0.25) is 0 Å². The predicted octanol–water partition coefficient (Wildman–Crippen LogP) is 4.99. The molecule has 2 heterocycles. The lowest BCUT2D eigenvalue weighted by Gasteiger charge is -2.16. The second kappa shape index (κ2) is 9.69. The highest BCUT2D eigenvalue weighted by molar-refractivity contribution is 8.00. The molecule has 0 spiro atoms. The first-order valence-corrected chi connectivity index (χ1v) is 10.8. The van der Waals surface area contributed by atoms with Gasteiger partial charge in [-0.3, -0.25) is 9.78 Å². The van der Waals surface area contributed by atoms with Crippen LogP contribution in [0.3, 0.4) is 0 Å². The molecule has 0 saturated carbocycles. The van der Waals surface area contributed by atoms with Gasteiger partial charge in [-0.15, -0.1) is 10.2 Å². The molecule has 0 saturated heterocycles. The van der Waals surface area contributed by atoms with Crippen molar-refractivity contribution in [1.82, 2.24) is 19.7 Å². The number of rotatable bonds is 8. The molecule has 1 atom stereocenters. The summed E-state index contributed by atoms with van der Waals surface area (Å²) >= 11 is 1.43. The summed E-state index contributed by atoms with van der Waals surface area (Å²) in [5.74, 6) is 1.10. The van der Waals surface area contributed by atoms with Crippen LogP contribution in [0.25, 0.3) is 11.4 Å². The summed E-state index contributed by atoms with van der Waals surface area (Å²) in [7, 11) is 0. The molecule has 0 aliphatic heterocycles. The number of thioether (sulfide) groups is 1. The van der Waals surface area contributed by atoms with Crippen molar-refractivity contribution in [1.29, 1.82) is 0 Å². The van der Waals surface area contributed by atoms with E-state index in [9.17, 15) is 4.79 Å². The zero-order valence-corrected chi connectivity index (χ0v) is 18.1. The van der Waals surface area contributed by atoms with Crippen molar-refractivity contribution in [3.63, 3.8) is 0 Å². The van der Waals surface area contributed by atoms with Crippen molar-refractivity contribution in [2.45, 2.75) is 57.0 Å². The monoisotopic (exact) mass is 409 g/mol. The number of pyridine rings is 1. The summed E-state index contributed by atoms with van der Waals surface area (Å²) in [6.45, 7) is 9.05. The van der Waals surface area contributed by atoms with Crippen molar-refractivity contribution in [3.05, 3.63) is 54.4 Å². The van der Waals surface area contributed by atoms with Crippen LogP contribution in [-0.2, 0) is 11.3 Å². The molecule has 0 radical (unpaired) electrons. The van der Waals surface area contributed by atoms with E-state index >= 15 is 0 Å². The van der Waals surface area contributed by atoms with E-state index in [1.165, 1.54) is 11.8 Å². The van der Waals surface area contributed by atoms with Crippen LogP contribution < -0.4 is 5.32 Å². The van der Waals surface area contributed by atoms with Gasteiger partial charge in [-0.05, 0) is 43.0 Å². The van der Waals surface area contributed by atoms with Gasteiger partial charge < -0.3 is 9.88 Å². The summed E-state index contributed by atoms with van der Waals surface area (Å²) in [6, 6.07) is 11.8. The normalized spacial score (nSPS) is 12.2. The van der Waals surface area contributed by atoms with E-state index in [0.29, 0.717) is 5.92 Å². The number of aromatic nitrogens is 4. The van der Waals surface area contributed by atoms with Gasteiger partial charge in [0, 0.05) is 30.2 Å². The van der Waals surface area contributed by atoms with Gasteiger partial charge in [0.15, 0.2) is 11.0 Å². The molecule has 29 heavy (non-hydrogen) atoms. The predicted molar refractivity (Wildman–Crippen MR) is 118 cm³/mol. The summed E-state index contributed by atoms with van der Waals surface area (Å²) in [6.07, 6.45) is 4.44. The van der Waals surface area contributed by atoms with E-state index in [2.05, 4.69) is 51.9 Å². The number of anilines is 1. The fourth-order valence-electron chi connectivity index (χ4n) is 3.08. The van der Waals surface area contributed by atoms with E-state index in [4.69, 9.17) is 0 Å². The Morgan fingerprint density at radius 2 is 1.83 bits per heavy atom. The van der Waals surface area contributed by atoms with Crippen LogP contribution in [0.15, 0.2) is 53.9 Å². The quantitative estimate of drug-likeness (QED) is 0.531. The zero-order valence-electron chi connectivity index (χ0n) is 17.3. The molecule has 3 aromatic rings. The van der Waals surface area contributed by atoms with Gasteiger partial charge >= 0.3 is 0 Å².